The highest BCUT2D eigenvalue weighted by Gasteiger charge is 2.38. The van der Waals surface area contributed by atoms with Gasteiger partial charge in [0, 0.05) is 34.2 Å². The van der Waals surface area contributed by atoms with Gasteiger partial charge in [-0.1, -0.05) is 30.3 Å². The molecule has 2 aliphatic rings. The molecule has 49 heavy (non-hydrogen) atoms. The molecule has 4 aromatic carbocycles. The molecular formula is C33H30FN6O8S+. The first-order chi connectivity index (χ1) is 23.3. The van der Waals surface area contributed by atoms with E-state index >= 15 is 4.39 Å². The lowest BCUT2D eigenvalue weighted by molar-refractivity contribution is -0.640. The third-order valence-corrected chi connectivity index (χ3v) is 10.3. The van der Waals surface area contributed by atoms with Crippen molar-refractivity contribution in [2.45, 2.75) is 31.5 Å². The van der Waals surface area contributed by atoms with Gasteiger partial charge in [0.25, 0.3) is 5.91 Å². The van der Waals surface area contributed by atoms with Crippen molar-refractivity contribution < 1.29 is 37.4 Å². The third-order valence-electron chi connectivity index (χ3n) is 8.97. The number of amides is 2. The molecule has 3 heterocycles. The average molecular weight is 690 g/mol. The standard InChI is InChI=1S/C33H29FN6O8S/c1-37-26-14-20(6-10-25(26)40(33(37)45)23-8-11-30(44)38(46)16-23)19-4-2-18(3-5-19)12-28(42)35-22-7-9-24-21(13-22)15-27(41)32(31(24)34)39-17-29(43)36-49(39,47)48/h2-7,9-10,13-15,23,30,44H,8,11-12,16-17H2,1H3,(H2-,35,36,41,42,43)/p+1. The monoisotopic (exact) mass is 689 g/mol. The Bertz CT molecular complexity index is 2390. The molecule has 14 nitrogen and oxygen atoms in total. The molecule has 0 spiro atoms. The number of phenols is 1. The largest absolute Gasteiger partial charge is 0.506 e. The van der Waals surface area contributed by atoms with Crippen molar-refractivity contribution in [3.8, 4) is 16.9 Å². The van der Waals surface area contributed by atoms with E-state index in [1.165, 1.54) is 22.8 Å². The van der Waals surface area contributed by atoms with Crippen LogP contribution in [-0.2, 0) is 33.3 Å². The number of imidazole rings is 1. The maximum Gasteiger partial charge on any atom is 0.329 e. The Morgan fingerprint density at radius 1 is 1.02 bits per heavy atom. The summed E-state index contributed by atoms with van der Waals surface area (Å²) in [6.07, 6.45) is -0.246. The van der Waals surface area contributed by atoms with Crippen LogP contribution in [0.25, 0.3) is 32.9 Å². The Labute approximate surface area is 277 Å². The van der Waals surface area contributed by atoms with Crippen molar-refractivity contribution in [1.82, 2.24) is 13.9 Å². The van der Waals surface area contributed by atoms with Gasteiger partial charge in [-0.25, -0.2) is 18.2 Å². The van der Waals surface area contributed by atoms with E-state index in [0.29, 0.717) is 37.8 Å². The average Bonchev–Trinajstić information content (AvgIpc) is 3.47. The van der Waals surface area contributed by atoms with Crippen LogP contribution < -0.4 is 20.0 Å². The van der Waals surface area contributed by atoms with Gasteiger partial charge in [-0.05, 0) is 64.9 Å². The van der Waals surface area contributed by atoms with E-state index in [-0.39, 0.29) is 47.8 Å². The number of hydrogen-bond donors (Lipinski definition) is 4. The van der Waals surface area contributed by atoms with Crippen LogP contribution >= 0.6 is 0 Å². The zero-order valence-electron chi connectivity index (χ0n) is 26.0. The molecule has 16 heteroatoms. The van der Waals surface area contributed by atoms with E-state index in [2.05, 4.69) is 5.32 Å². The van der Waals surface area contributed by atoms with E-state index in [9.17, 15) is 37.9 Å². The van der Waals surface area contributed by atoms with Gasteiger partial charge in [0.05, 0.1) is 17.5 Å². The van der Waals surface area contributed by atoms with Crippen LogP contribution in [0, 0.1) is 10.7 Å². The number of fused-ring (bicyclic) bond motifs is 2. The van der Waals surface area contributed by atoms with Crippen LogP contribution in [0.1, 0.15) is 24.4 Å². The fraction of sp³-hybridized carbons (Fsp3) is 0.242. The first-order valence-corrected chi connectivity index (χ1v) is 16.8. The zero-order chi connectivity index (χ0) is 34.8. The van der Waals surface area contributed by atoms with Crippen LogP contribution in [0.15, 0.2) is 71.5 Å². The molecule has 2 fully saturated rings. The van der Waals surface area contributed by atoms with Crippen molar-refractivity contribution in [2.24, 2.45) is 7.05 Å². The number of aliphatic hydroxyl groups excluding tert-OH is 1. The predicted octanol–water partition coefficient (Wildman–Crippen LogP) is 2.80. The number of rotatable bonds is 6. The summed E-state index contributed by atoms with van der Waals surface area (Å²) in [5.74, 6) is -2.93. The molecule has 2 unspecified atom stereocenters. The van der Waals surface area contributed by atoms with Crippen LogP contribution in [0.4, 0.5) is 15.8 Å². The molecule has 5 aromatic rings. The van der Waals surface area contributed by atoms with Gasteiger partial charge in [0.2, 0.25) is 12.5 Å². The molecule has 4 N–H and O–H groups in total. The molecule has 2 aliphatic heterocycles. The molecule has 7 rings (SSSR count). The Kier molecular flexibility index (Phi) is 7.71. The number of halogens is 1. The molecule has 2 saturated heterocycles. The lowest BCUT2D eigenvalue weighted by Gasteiger charge is -2.20. The van der Waals surface area contributed by atoms with Gasteiger partial charge in [0.15, 0.2) is 5.82 Å². The number of aromatic hydroxyl groups is 1. The van der Waals surface area contributed by atoms with E-state index in [0.717, 1.165) is 17.2 Å². The zero-order valence-corrected chi connectivity index (χ0v) is 26.8. The van der Waals surface area contributed by atoms with Gasteiger partial charge in [0.1, 0.15) is 24.0 Å². The van der Waals surface area contributed by atoms with E-state index in [1.54, 1.807) is 28.5 Å². The topological polar surface area (TPSA) is 183 Å². The Morgan fingerprint density at radius 2 is 1.76 bits per heavy atom. The summed E-state index contributed by atoms with van der Waals surface area (Å²) < 4.78 is 45.8. The summed E-state index contributed by atoms with van der Waals surface area (Å²) in [6, 6.07) is 18.0. The molecule has 0 bridgehead atoms. The summed E-state index contributed by atoms with van der Waals surface area (Å²) in [6.45, 7) is -0.648. The molecule has 252 valence electrons. The Balaban J connectivity index is 1.06. The number of aryl methyl sites for hydroxylation is 1. The molecular weight excluding hydrogens is 659 g/mol. The number of piperidine rings is 1. The smallest absolute Gasteiger partial charge is 0.329 e. The summed E-state index contributed by atoms with van der Waals surface area (Å²) in [5.41, 5.74) is 3.25. The summed E-state index contributed by atoms with van der Waals surface area (Å²) >= 11 is 0. The van der Waals surface area contributed by atoms with Gasteiger partial charge < -0.3 is 15.5 Å². The number of nitrogens with one attached hydrogen (secondary N) is 2. The van der Waals surface area contributed by atoms with Crippen LogP contribution in [0.3, 0.4) is 0 Å². The Morgan fingerprint density at radius 3 is 2.45 bits per heavy atom. The second kappa shape index (κ2) is 11.8. The van der Waals surface area contributed by atoms with Crippen molar-refractivity contribution in [3.05, 3.63) is 93.5 Å². The van der Waals surface area contributed by atoms with Crippen LogP contribution in [0.5, 0.6) is 5.75 Å². The summed E-state index contributed by atoms with van der Waals surface area (Å²) in [4.78, 5) is 49.7. The minimum Gasteiger partial charge on any atom is -0.506 e. The number of nitroso groups, excluding NO2 is 1. The van der Waals surface area contributed by atoms with Crippen molar-refractivity contribution in [2.75, 3.05) is 22.7 Å². The summed E-state index contributed by atoms with van der Waals surface area (Å²) in [5, 5.41) is 23.2. The number of aliphatic hydroxyl groups is 1. The fourth-order valence-corrected chi connectivity index (χ4v) is 7.68. The van der Waals surface area contributed by atoms with Crippen LogP contribution in [0.2, 0.25) is 0 Å². The first-order valence-electron chi connectivity index (χ1n) is 15.3. The minimum atomic E-state index is -4.35. The number of carbonyl (C=O) groups excluding carboxylic acids is 2. The number of benzene rings is 4. The van der Waals surface area contributed by atoms with Gasteiger partial charge in [-0.2, -0.15) is 8.42 Å². The second-order valence-electron chi connectivity index (χ2n) is 12.2. The second-order valence-corrected chi connectivity index (χ2v) is 13.8. The number of nitrogens with zero attached hydrogens (tertiary/aromatic N) is 4. The highest BCUT2D eigenvalue weighted by atomic mass is 32.2. The lowest BCUT2D eigenvalue weighted by atomic mass is 10.0. The van der Waals surface area contributed by atoms with Crippen molar-refractivity contribution in [3.63, 3.8) is 0 Å². The number of anilines is 2. The highest BCUT2D eigenvalue weighted by molar-refractivity contribution is 7.92. The van der Waals surface area contributed by atoms with Crippen LogP contribution in [-0.4, -0.2) is 63.7 Å². The van der Waals surface area contributed by atoms with Gasteiger partial charge >= 0.3 is 22.1 Å². The number of aromatic nitrogens is 2. The van der Waals surface area contributed by atoms with E-state index in [1.807, 2.05) is 30.3 Å². The molecule has 1 aromatic heterocycles. The maximum atomic E-state index is 15.4. The predicted molar refractivity (Wildman–Crippen MR) is 178 cm³/mol. The molecule has 2 amide bonds. The normalized spacial score (nSPS) is 19.0. The third kappa shape index (κ3) is 5.67. The lowest BCUT2D eigenvalue weighted by Crippen LogP contribution is -2.39. The van der Waals surface area contributed by atoms with Crippen molar-refractivity contribution in [1.29, 1.82) is 0 Å². The summed E-state index contributed by atoms with van der Waals surface area (Å²) in [7, 11) is -2.67. The number of phenolic OH excluding ortho intramolecular Hbond substituents is 1. The van der Waals surface area contributed by atoms with Gasteiger partial charge in [-0.3, -0.25) is 18.7 Å². The minimum absolute atomic E-state index is 0.0197. The Hall–Kier alpha value is -5.61. The number of carbonyl (C=O) groups is 2. The SMILES string of the molecule is Cn1c(=O)n(C2CCC(O)[N+](=O)C2)c2ccc(-c3ccc(CC(=O)Nc4ccc5c(F)c(N6CC(=O)NS6(=O)=O)c(O)cc5c4)cc3)cc21. The molecule has 0 radical (unpaired) electrons. The van der Waals surface area contributed by atoms with E-state index in [4.69, 9.17) is 0 Å². The maximum absolute atomic E-state index is 15.4. The quantitative estimate of drug-likeness (QED) is 0.196. The molecule has 0 saturated carbocycles. The van der Waals surface area contributed by atoms with E-state index < -0.39 is 46.1 Å². The molecule has 0 aliphatic carbocycles. The number of hydrogen-bond acceptors (Lipinski definition) is 8. The molecule has 2 atom stereocenters. The van der Waals surface area contributed by atoms with Crippen molar-refractivity contribution >= 4 is 55.2 Å². The first kappa shape index (κ1) is 32.0. The van der Waals surface area contributed by atoms with Gasteiger partial charge in [-0.15, -0.1) is 0 Å². The highest BCUT2D eigenvalue weighted by Crippen LogP contribution is 2.39. The fourth-order valence-electron chi connectivity index (χ4n) is 6.52.